The third-order valence-corrected chi connectivity index (χ3v) is 4.80. The van der Waals surface area contributed by atoms with Crippen molar-refractivity contribution in [2.75, 3.05) is 6.54 Å². The van der Waals surface area contributed by atoms with Crippen LogP contribution in [0.25, 0.3) is 0 Å². The number of carbonyl (C=O) groups is 1. The van der Waals surface area contributed by atoms with E-state index in [1.165, 1.54) is 29.7 Å². The topological polar surface area (TPSA) is 59.8 Å². The maximum absolute atomic E-state index is 12.1. The highest BCUT2D eigenvalue weighted by Crippen LogP contribution is 2.28. The van der Waals surface area contributed by atoms with Crippen LogP contribution < -0.4 is 5.32 Å². The number of hydrogen-bond donors (Lipinski definition) is 1. The Hall–Kier alpha value is -1.69. The second kappa shape index (κ2) is 6.17. The van der Waals surface area contributed by atoms with Crippen LogP contribution in [0.15, 0.2) is 18.5 Å². The molecule has 0 spiro atoms. The summed E-state index contributed by atoms with van der Waals surface area (Å²) in [6.07, 6.45) is 9.49. The molecule has 0 saturated carbocycles. The molecular weight excluding hydrogens is 272 g/mol. The Bertz CT molecular complexity index is 553. The number of nitrogens with zero attached hydrogens (tertiary/aromatic N) is 3. The average Bonchev–Trinajstić information content (AvgIpc) is 3.05. The van der Waals surface area contributed by atoms with E-state index in [9.17, 15) is 4.79 Å². The van der Waals surface area contributed by atoms with Crippen molar-refractivity contribution in [3.63, 3.8) is 0 Å². The van der Waals surface area contributed by atoms with Gasteiger partial charge in [-0.2, -0.15) is 0 Å². The smallest absolute Gasteiger partial charge is 0.261 e. The highest BCUT2D eigenvalue weighted by Gasteiger charge is 2.16. The van der Waals surface area contributed by atoms with Crippen LogP contribution in [0.3, 0.4) is 0 Å². The lowest BCUT2D eigenvalue weighted by Gasteiger charge is -2.03. The summed E-state index contributed by atoms with van der Waals surface area (Å²) in [5.41, 5.74) is 1.38. The molecule has 20 heavy (non-hydrogen) atoms. The largest absolute Gasteiger partial charge is 0.349 e. The summed E-state index contributed by atoms with van der Waals surface area (Å²) in [6.45, 7) is 1.22. The van der Waals surface area contributed by atoms with Crippen molar-refractivity contribution in [1.29, 1.82) is 0 Å². The van der Waals surface area contributed by atoms with Gasteiger partial charge in [-0.3, -0.25) is 9.48 Å². The fourth-order valence-corrected chi connectivity index (χ4v) is 3.67. The lowest BCUT2D eigenvalue weighted by molar-refractivity contribution is 0.0956. The summed E-state index contributed by atoms with van der Waals surface area (Å²) in [4.78, 5) is 14.4. The normalized spacial score (nSPS) is 14.6. The second-order valence-corrected chi connectivity index (χ2v) is 6.18. The Morgan fingerprint density at radius 2 is 2.25 bits per heavy atom. The maximum Gasteiger partial charge on any atom is 0.261 e. The monoisotopic (exact) mass is 290 g/mol. The zero-order chi connectivity index (χ0) is 13.8. The summed E-state index contributed by atoms with van der Waals surface area (Å²) in [7, 11) is 0. The molecule has 0 atom stereocenters. The first-order valence-corrected chi connectivity index (χ1v) is 7.88. The molecule has 0 saturated heterocycles. The van der Waals surface area contributed by atoms with Gasteiger partial charge in [-0.25, -0.2) is 0 Å². The van der Waals surface area contributed by atoms with E-state index in [1.807, 2.05) is 0 Å². The zero-order valence-corrected chi connectivity index (χ0v) is 12.2. The van der Waals surface area contributed by atoms with Gasteiger partial charge in [0.2, 0.25) is 0 Å². The SMILES string of the molecule is O=C(NCCn1ccnn1)c1cc2c(s1)CCCCC2. The lowest BCUT2D eigenvalue weighted by Crippen LogP contribution is -2.26. The van der Waals surface area contributed by atoms with Gasteiger partial charge in [-0.1, -0.05) is 11.6 Å². The molecule has 2 aromatic heterocycles. The van der Waals surface area contributed by atoms with Gasteiger partial charge in [0, 0.05) is 17.6 Å². The van der Waals surface area contributed by atoms with E-state index in [2.05, 4.69) is 21.7 Å². The Morgan fingerprint density at radius 1 is 1.35 bits per heavy atom. The number of amides is 1. The van der Waals surface area contributed by atoms with Gasteiger partial charge in [0.05, 0.1) is 17.6 Å². The van der Waals surface area contributed by atoms with Crippen LogP contribution in [0.2, 0.25) is 0 Å². The standard InChI is InChI=1S/C14H18N4OS/c19-14(15-6-8-18-9-7-16-17-18)13-10-11-4-2-1-3-5-12(11)20-13/h7,9-10H,1-6,8H2,(H,15,19). The van der Waals surface area contributed by atoms with Gasteiger partial charge in [-0.05, 0) is 37.3 Å². The van der Waals surface area contributed by atoms with Crippen LogP contribution in [-0.4, -0.2) is 27.4 Å². The fourth-order valence-electron chi connectivity index (χ4n) is 2.50. The summed E-state index contributed by atoms with van der Waals surface area (Å²) in [5.74, 6) is 0.0307. The van der Waals surface area contributed by atoms with Gasteiger partial charge in [0.25, 0.3) is 5.91 Å². The van der Waals surface area contributed by atoms with Gasteiger partial charge < -0.3 is 5.32 Å². The van der Waals surface area contributed by atoms with Crippen LogP contribution >= 0.6 is 11.3 Å². The quantitative estimate of drug-likeness (QED) is 0.877. The molecule has 0 aromatic carbocycles. The van der Waals surface area contributed by atoms with E-state index in [0.717, 1.165) is 17.7 Å². The molecule has 2 aromatic rings. The molecule has 0 radical (unpaired) electrons. The molecule has 3 rings (SSSR count). The van der Waals surface area contributed by atoms with E-state index in [-0.39, 0.29) is 5.91 Å². The van der Waals surface area contributed by atoms with Gasteiger partial charge in [0.15, 0.2) is 0 Å². The molecule has 1 aliphatic carbocycles. The van der Waals surface area contributed by atoms with Crippen molar-refractivity contribution >= 4 is 17.2 Å². The zero-order valence-electron chi connectivity index (χ0n) is 11.3. The molecule has 0 fully saturated rings. The Kier molecular flexibility index (Phi) is 4.11. The van der Waals surface area contributed by atoms with Crippen LogP contribution in [0.5, 0.6) is 0 Å². The van der Waals surface area contributed by atoms with Crippen molar-refractivity contribution in [3.8, 4) is 0 Å². The van der Waals surface area contributed by atoms with Gasteiger partial charge in [0.1, 0.15) is 0 Å². The van der Waals surface area contributed by atoms with Crippen molar-refractivity contribution in [1.82, 2.24) is 20.3 Å². The molecular formula is C14H18N4OS. The first-order valence-electron chi connectivity index (χ1n) is 7.07. The fraction of sp³-hybridized carbons (Fsp3) is 0.500. The van der Waals surface area contributed by atoms with Gasteiger partial charge in [-0.15, -0.1) is 16.4 Å². The first kappa shape index (κ1) is 13.3. The highest BCUT2D eigenvalue weighted by molar-refractivity contribution is 7.14. The Morgan fingerprint density at radius 3 is 3.10 bits per heavy atom. The van der Waals surface area contributed by atoms with E-state index >= 15 is 0 Å². The summed E-state index contributed by atoms with van der Waals surface area (Å²) >= 11 is 1.66. The molecule has 2 heterocycles. The predicted octanol–water partition coefficient (Wildman–Crippen LogP) is 2.04. The number of thiophene rings is 1. The van der Waals surface area contributed by atoms with Crippen LogP contribution in [0.4, 0.5) is 0 Å². The van der Waals surface area contributed by atoms with Crippen molar-refractivity contribution in [2.45, 2.75) is 38.6 Å². The third-order valence-electron chi connectivity index (χ3n) is 3.57. The second-order valence-electron chi connectivity index (χ2n) is 5.04. The van der Waals surface area contributed by atoms with E-state index < -0.39 is 0 Å². The predicted molar refractivity (Wildman–Crippen MR) is 77.9 cm³/mol. The Balaban J connectivity index is 1.57. The third kappa shape index (κ3) is 3.07. The van der Waals surface area contributed by atoms with Crippen molar-refractivity contribution in [2.24, 2.45) is 0 Å². The van der Waals surface area contributed by atoms with Crippen molar-refractivity contribution in [3.05, 3.63) is 33.8 Å². The van der Waals surface area contributed by atoms with Gasteiger partial charge >= 0.3 is 0 Å². The highest BCUT2D eigenvalue weighted by atomic mass is 32.1. The number of carbonyl (C=O) groups excluding carboxylic acids is 1. The number of nitrogens with one attached hydrogen (secondary N) is 1. The molecule has 1 aliphatic rings. The van der Waals surface area contributed by atoms with E-state index in [1.54, 1.807) is 28.4 Å². The van der Waals surface area contributed by atoms with E-state index in [0.29, 0.717) is 13.1 Å². The average molecular weight is 290 g/mol. The number of hydrogen-bond acceptors (Lipinski definition) is 4. The number of fused-ring (bicyclic) bond motifs is 1. The lowest BCUT2D eigenvalue weighted by atomic mass is 10.1. The number of aryl methyl sites for hydroxylation is 2. The molecule has 6 heteroatoms. The molecule has 0 unspecified atom stereocenters. The Labute approximate surface area is 122 Å². The first-order chi connectivity index (χ1) is 9.83. The van der Waals surface area contributed by atoms with E-state index in [4.69, 9.17) is 0 Å². The summed E-state index contributed by atoms with van der Waals surface area (Å²) in [6, 6.07) is 2.08. The molecule has 0 bridgehead atoms. The molecule has 5 nitrogen and oxygen atoms in total. The number of rotatable bonds is 4. The summed E-state index contributed by atoms with van der Waals surface area (Å²) < 4.78 is 1.71. The maximum atomic E-state index is 12.1. The van der Waals surface area contributed by atoms with Crippen LogP contribution in [0, 0.1) is 0 Å². The minimum atomic E-state index is 0.0307. The minimum Gasteiger partial charge on any atom is -0.349 e. The summed E-state index contributed by atoms with van der Waals surface area (Å²) in [5, 5.41) is 10.5. The molecule has 106 valence electrons. The minimum absolute atomic E-state index is 0.0307. The van der Waals surface area contributed by atoms with Crippen LogP contribution in [-0.2, 0) is 19.4 Å². The molecule has 1 N–H and O–H groups in total. The number of aromatic nitrogens is 3. The van der Waals surface area contributed by atoms with Crippen molar-refractivity contribution < 1.29 is 4.79 Å². The molecule has 0 aliphatic heterocycles. The van der Waals surface area contributed by atoms with Crippen LogP contribution in [0.1, 0.15) is 39.4 Å². The molecule has 1 amide bonds.